The van der Waals surface area contributed by atoms with Gasteiger partial charge in [0.05, 0.1) is 0 Å². The largest absolute Gasteiger partial charge is 0.250 e. The molecule has 2 heteroatoms. The topological polar surface area (TPSA) is 19.7 Å². The van der Waals surface area contributed by atoms with Crippen LogP contribution in [0.25, 0.3) is 0 Å². The lowest BCUT2D eigenvalue weighted by atomic mass is 9.84. The highest BCUT2D eigenvalue weighted by Gasteiger charge is 2.26. The number of H-pyrrole nitrogens is 1. The van der Waals surface area contributed by atoms with E-state index in [9.17, 15) is 0 Å². The van der Waals surface area contributed by atoms with Gasteiger partial charge in [-0.3, -0.25) is 4.98 Å². The Balaban J connectivity index is 1.65. The first-order valence-electron chi connectivity index (χ1n) is 17.4. The highest BCUT2D eigenvalue weighted by molar-refractivity contribution is 5.15. The van der Waals surface area contributed by atoms with Crippen LogP contribution in [0.2, 0.25) is 0 Å². The average Bonchev–Trinajstić information content (AvgIpc) is 3.49. The molecular formula is C37H65N2+. The van der Waals surface area contributed by atoms with E-state index in [1.54, 1.807) is 0 Å². The fraction of sp³-hybridized carbons (Fsp3) is 0.757. The van der Waals surface area contributed by atoms with Crippen molar-refractivity contribution in [2.75, 3.05) is 0 Å². The zero-order chi connectivity index (χ0) is 27.6. The number of hydrogen-bond donors (Lipinski definition) is 1. The van der Waals surface area contributed by atoms with Crippen molar-refractivity contribution < 1.29 is 4.57 Å². The highest BCUT2D eigenvalue weighted by Crippen LogP contribution is 2.29. The zero-order valence-electron chi connectivity index (χ0n) is 26.2. The van der Waals surface area contributed by atoms with Crippen LogP contribution < -0.4 is 4.57 Å². The third-order valence-electron chi connectivity index (χ3n) is 8.87. The molecule has 0 saturated heterocycles. The van der Waals surface area contributed by atoms with Crippen molar-refractivity contribution in [2.24, 2.45) is 5.92 Å². The van der Waals surface area contributed by atoms with E-state index in [4.69, 9.17) is 0 Å². The van der Waals surface area contributed by atoms with Gasteiger partial charge in [-0.15, -0.1) is 0 Å². The van der Waals surface area contributed by atoms with Gasteiger partial charge in [0.25, 0.3) is 0 Å². The molecule has 2 aromatic rings. The van der Waals surface area contributed by atoms with Crippen LogP contribution >= 0.6 is 0 Å². The van der Waals surface area contributed by atoms with E-state index in [1.165, 1.54) is 160 Å². The lowest BCUT2D eigenvalue weighted by Crippen LogP contribution is -2.42. The van der Waals surface area contributed by atoms with Crippen LogP contribution in [-0.4, -0.2) is 4.98 Å². The molecule has 2 rings (SSSR count). The summed E-state index contributed by atoms with van der Waals surface area (Å²) in [4.78, 5) is 3.33. The summed E-state index contributed by atoms with van der Waals surface area (Å²) >= 11 is 0. The lowest BCUT2D eigenvalue weighted by molar-refractivity contribution is -0.730. The molecule has 0 spiro atoms. The second-order valence-electron chi connectivity index (χ2n) is 12.4. The number of nitrogens with zero attached hydrogens (tertiary/aromatic N) is 1. The van der Waals surface area contributed by atoms with Crippen LogP contribution in [0.1, 0.15) is 173 Å². The summed E-state index contributed by atoms with van der Waals surface area (Å²) in [6, 6.07) is 11.8. The number of rotatable bonds is 27. The van der Waals surface area contributed by atoms with Crippen molar-refractivity contribution in [3.63, 3.8) is 0 Å². The highest BCUT2D eigenvalue weighted by atomic mass is 15.1. The summed E-state index contributed by atoms with van der Waals surface area (Å²) in [7, 11) is 0. The Bertz CT molecular complexity index is 738. The maximum Gasteiger partial charge on any atom is 0.241 e. The maximum absolute atomic E-state index is 3.33. The molecular weight excluding hydrogens is 472 g/mol. The standard InChI is InChI=1S/C37H64N2/c1-3-5-7-9-10-11-12-13-14-15-16-17-18-19-21-26-30-37(39-32-31-38-34-39)36(29-25-20-8-6-4-2)33-35-27-23-22-24-28-35/h22-24,27-28,31-32,34,36-37H,3-21,25-26,29-30,33H2,1-2H3/p+1. The van der Waals surface area contributed by atoms with E-state index >= 15 is 0 Å². The molecule has 0 amide bonds. The van der Waals surface area contributed by atoms with Crippen molar-refractivity contribution in [3.05, 3.63) is 54.6 Å². The molecule has 0 aliphatic rings. The second kappa shape index (κ2) is 24.2. The number of hydrogen-bond acceptors (Lipinski definition) is 0. The number of imidazole rings is 1. The van der Waals surface area contributed by atoms with Gasteiger partial charge in [0.2, 0.25) is 6.33 Å². The predicted molar refractivity (Wildman–Crippen MR) is 171 cm³/mol. The summed E-state index contributed by atoms with van der Waals surface area (Å²) in [5.41, 5.74) is 1.50. The molecule has 0 aliphatic heterocycles. The van der Waals surface area contributed by atoms with Crippen molar-refractivity contribution >= 4 is 0 Å². The number of nitrogens with one attached hydrogen (secondary N) is 1. The van der Waals surface area contributed by atoms with Crippen molar-refractivity contribution in [2.45, 2.75) is 174 Å². The molecule has 222 valence electrons. The predicted octanol–water partition coefficient (Wildman–Crippen LogP) is 11.7. The Morgan fingerprint density at radius 3 is 1.49 bits per heavy atom. The zero-order valence-corrected chi connectivity index (χ0v) is 26.2. The second-order valence-corrected chi connectivity index (χ2v) is 12.4. The van der Waals surface area contributed by atoms with Crippen LogP contribution in [0.4, 0.5) is 0 Å². The minimum Gasteiger partial charge on any atom is -0.250 e. The Labute approximate surface area is 243 Å². The van der Waals surface area contributed by atoms with Crippen LogP contribution in [0.5, 0.6) is 0 Å². The SMILES string of the molecule is CCCCCCCCCCCCCCCCCCC(C(CCCCCCC)Cc1ccccc1)[n+]1cc[nH]c1. The minimum absolute atomic E-state index is 0.606. The third-order valence-corrected chi connectivity index (χ3v) is 8.87. The van der Waals surface area contributed by atoms with Gasteiger partial charge >= 0.3 is 0 Å². The van der Waals surface area contributed by atoms with Gasteiger partial charge < -0.3 is 0 Å². The molecule has 1 heterocycles. The number of unbranched alkanes of at least 4 members (excludes halogenated alkanes) is 19. The first kappa shape index (κ1) is 33.6. The minimum atomic E-state index is 0.606. The van der Waals surface area contributed by atoms with Gasteiger partial charge in [0.1, 0.15) is 18.4 Å². The van der Waals surface area contributed by atoms with E-state index in [1.807, 2.05) is 0 Å². The molecule has 0 radical (unpaired) electrons. The van der Waals surface area contributed by atoms with E-state index in [2.05, 4.69) is 72.5 Å². The first-order chi connectivity index (χ1) is 19.3. The first-order valence-corrected chi connectivity index (χ1v) is 17.4. The Morgan fingerprint density at radius 1 is 0.564 bits per heavy atom. The van der Waals surface area contributed by atoms with Crippen molar-refractivity contribution in [3.8, 4) is 0 Å². The third kappa shape index (κ3) is 17.0. The van der Waals surface area contributed by atoms with Gasteiger partial charge in [0, 0.05) is 5.92 Å². The van der Waals surface area contributed by atoms with E-state index in [-0.39, 0.29) is 0 Å². The number of benzene rings is 1. The summed E-state index contributed by atoms with van der Waals surface area (Å²) in [5, 5.41) is 0. The Morgan fingerprint density at radius 2 is 1.03 bits per heavy atom. The monoisotopic (exact) mass is 538 g/mol. The van der Waals surface area contributed by atoms with E-state index in [0.717, 1.165) is 0 Å². The molecule has 2 nitrogen and oxygen atoms in total. The fourth-order valence-electron chi connectivity index (χ4n) is 6.39. The molecule has 0 fully saturated rings. The van der Waals surface area contributed by atoms with E-state index < -0.39 is 0 Å². The molecule has 2 atom stereocenters. The van der Waals surface area contributed by atoms with Crippen LogP contribution in [0.15, 0.2) is 49.1 Å². The van der Waals surface area contributed by atoms with Crippen LogP contribution in [0, 0.1) is 5.92 Å². The summed E-state index contributed by atoms with van der Waals surface area (Å²) < 4.78 is 2.49. The summed E-state index contributed by atoms with van der Waals surface area (Å²) in [5.74, 6) is 0.714. The van der Waals surface area contributed by atoms with Gasteiger partial charge in [-0.1, -0.05) is 173 Å². The number of aromatic nitrogens is 2. The summed E-state index contributed by atoms with van der Waals surface area (Å²) in [6.07, 6.45) is 40.3. The molecule has 0 saturated carbocycles. The molecule has 0 aliphatic carbocycles. The van der Waals surface area contributed by atoms with Crippen LogP contribution in [-0.2, 0) is 6.42 Å². The van der Waals surface area contributed by atoms with Crippen molar-refractivity contribution in [1.82, 2.24) is 4.98 Å². The molecule has 0 bridgehead atoms. The van der Waals surface area contributed by atoms with E-state index in [0.29, 0.717) is 12.0 Å². The normalized spacial score (nSPS) is 13.1. The van der Waals surface area contributed by atoms with Gasteiger partial charge in [-0.2, -0.15) is 0 Å². The Kier molecular flexibility index (Phi) is 20.9. The van der Waals surface area contributed by atoms with Gasteiger partial charge in [-0.05, 0) is 31.2 Å². The van der Waals surface area contributed by atoms with Crippen LogP contribution in [0.3, 0.4) is 0 Å². The lowest BCUT2D eigenvalue weighted by Gasteiger charge is -2.25. The average molecular weight is 538 g/mol. The Hall–Kier alpha value is -1.57. The fourth-order valence-corrected chi connectivity index (χ4v) is 6.39. The molecule has 1 aromatic heterocycles. The maximum atomic E-state index is 3.33. The molecule has 1 aromatic carbocycles. The molecule has 2 unspecified atom stereocenters. The molecule has 39 heavy (non-hydrogen) atoms. The molecule has 1 N–H and O–H groups in total. The summed E-state index contributed by atoms with van der Waals surface area (Å²) in [6.45, 7) is 4.62. The quantitative estimate of drug-likeness (QED) is 0.0863. The van der Waals surface area contributed by atoms with Gasteiger partial charge in [0.15, 0.2) is 0 Å². The van der Waals surface area contributed by atoms with Gasteiger partial charge in [-0.25, -0.2) is 4.57 Å². The smallest absolute Gasteiger partial charge is 0.241 e. The number of aromatic amines is 1. The van der Waals surface area contributed by atoms with Crippen molar-refractivity contribution in [1.29, 1.82) is 0 Å².